The first kappa shape index (κ1) is 15.6. The monoisotopic (exact) mass is 314 g/mol. The van der Waals surface area contributed by atoms with Crippen LogP contribution in [-0.4, -0.2) is 49.7 Å². The molecule has 0 aromatic carbocycles. The van der Waals surface area contributed by atoms with Gasteiger partial charge in [-0.3, -0.25) is 14.7 Å². The first-order valence-electron chi connectivity index (χ1n) is 7.99. The van der Waals surface area contributed by atoms with Crippen LogP contribution in [0.15, 0.2) is 37.1 Å². The van der Waals surface area contributed by atoms with Crippen molar-refractivity contribution in [3.05, 3.63) is 42.7 Å². The van der Waals surface area contributed by atoms with Gasteiger partial charge in [-0.25, -0.2) is 9.67 Å². The van der Waals surface area contributed by atoms with Crippen molar-refractivity contribution >= 4 is 5.91 Å². The highest BCUT2D eigenvalue weighted by molar-refractivity contribution is 5.80. The average Bonchev–Trinajstić information content (AvgIpc) is 3.11. The van der Waals surface area contributed by atoms with Crippen LogP contribution in [0, 0.1) is 0 Å². The van der Waals surface area contributed by atoms with Crippen LogP contribution in [0.5, 0.6) is 0 Å². The van der Waals surface area contributed by atoms with Crippen molar-refractivity contribution in [1.29, 1.82) is 0 Å². The molecule has 0 unspecified atom stereocenters. The number of rotatable bonds is 5. The zero-order chi connectivity index (χ0) is 16.1. The van der Waals surface area contributed by atoms with Gasteiger partial charge in [-0.1, -0.05) is 6.07 Å². The van der Waals surface area contributed by atoms with Gasteiger partial charge in [-0.15, -0.1) is 0 Å². The molecule has 1 atom stereocenters. The van der Waals surface area contributed by atoms with E-state index in [1.807, 2.05) is 31.3 Å². The number of likely N-dealkylation sites (tertiary alicyclic amines) is 1. The normalized spacial score (nSPS) is 17.8. The molecule has 23 heavy (non-hydrogen) atoms. The fourth-order valence-electron chi connectivity index (χ4n) is 2.82. The fourth-order valence-corrected chi connectivity index (χ4v) is 2.82. The molecule has 0 aliphatic carbocycles. The highest BCUT2D eigenvalue weighted by atomic mass is 16.2. The van der Waals surface area contributed by atoms with E-state index in [1.165, 1.54) is 6.33 Å². The van der Waals surface area contributed by atoms with Gasteiger partial charge in [0.05, 0.1) is 5.69 Å². The number of piperidine rings is 1. The Balaban J connectivity index is 1.45. The summed E-state index contributed by atoms with van der Waals surface area (Å²) in [6, 6.07) is 5.90. The smallest absolute Gasteiger partial charge is 0.244 e. The molecule has 0 spiro atoms. The number of nitrogens with zero attached hydrogens (tertiary/aromatic N) is 5. The van der Waals surface area contributed by atoms with Crippen molar-refractivity contribution in [2.24, 2.45) is 0 Å². The number of carbonyl (C=O) groups is 1. The van der Waals surface area contributed by atoms with E-state index in [0.29, 0.717) is 0 Å². The molecule has 7 nitrogen and oxygen atoms in total. The molecule has 2 aromatic rings. The summed E-state index contributed by atoms with van der Waals surface area (Å²) in [5.74, 6) is -0.00123. The Hall–Kier alpha value is -2.28. The zero-order valence-electron chi connectivity index (χ0n) is 13.3. The third-order valence-electron chi connectivity index (χ3n) is 4.26. The van der Waals surface area contributed by atoms with E-state index in [-0.39, 0.29) is 18.0 Å². The summed E-state index contributed by atoms with van der Waals surface area (Å²) in [4.78, 5) is 22.9. The maximum absolute atomic E-state index is 12.3. The molecule has 1 amide bonds. The minimum absolute atomic E-state index is 0.00123. The molecular formula is C16H22N6O. The van der Waals surface area contributed by atoms with Crippen molar-refractivity contribution in [3.63, 3.8) is 0 Å². The van der Waals surface area contributed by atoms with Gasteiger partial charge in [0.2, 0.25) is 5.91 Å². The number of aromatic nitrogens is 4. The number of hydrogen-bond donors (Lipinski definition) is 1. The fraction of sp³-hybridized carbons (Fsp3) is 0.500. The lowest BCUT2D eigenvalue weighted by atomic mass is 10.0. The van der Waals surface area contributed by atoms with E-state index >= 15 is 0 Å². The molecule has 1 fully saturated rings. The molecule has 1 aliphatic heterocycles. The third-order valence-corrected chi connectivity index (χ3v) is 4.26. The Morgan fingerprint density at radius 3 is 2.87 bits per heavy atom. The van der Waals surface area contributed by atoms with E-state index < -0.39 is 0 Å². The first-order valence-corrected chi connectivity index (χ1v) is 7.99. The molecular weight excluding hydrogens is 292 g/mol. The highest BCUT2D eigenvalue weighted by Crippen LogP contribution is 2.14. The number of pyridine rings is 1. The summed E-state index contributed by atoms with van der Waals surface area (Å²) in [6.45, 7) is 4.65. The molecule has 2 aromatic heterocycles. The molecule has 0 bridgehead atoms. The molecule has 0 saturated carbocycles. The van der Waals surface area contributed by atoms with Crippen LogP contribution in [0.4, 0.5) is 0 Å². The van der Waals surface area contributed by atoms with Crippen LogP contribution >= 0.6 is 0 Å². The van der Waals surface area contributed by atoms with Crippen molar-refractivity contribution < 1.29 is 4.79 Å². The van der Waals surface area contributed by atoms with Crippen LogP contribution in [0.3, 0.4) is 0 Å². The number of amides is 1. The number of nitrogens with one attached hydrogen (secondary N) is 1. The average molecular weight is 314 g/mol. The van der Waals surface area contributed by atoms with Gasteiger partial charge in [0.25, 0.3) is 0 Å². The maximum atomic E-state index is 12.3. The lowest BCUT2D eigenvalue weighted by molar-refractivity contribution is -0.125. The topological polar surface area (TPSA) is 75.9 Å². The Morgan fingerprint density at radius 1 is 1.39 bits per heavy atom. The Bertz CT molecular complexity index is 607. The summed E-state index contributed by atoms with van der Waals surface area (Å²) < 4.78 is 1.57. The van der Waals surface area contributed by atoms with Crippen LogP contribution in [0.2, 0.25) is 0 Å². The Morgan fingerprint density at radius 2 is 2.22 bits per heavy atom. The van der Waals surface area contributed by atoms with Gasteiger partial charge in [-0.2, -0.15) is 5.10 Å². The molecule has 0 radical (unpaired) electrons. The number of carbonyl (C=O) groups excluding carboxylic acids is 1. The van der Waals surface area contributed by atoms with Crippen LogP contribution in [0.1, 0.15) is 31.5 Å². The Labute approximate surface area is 135 Å². The summed E-state index contributed by atoms with van der Waals surface area (Å²) in [5, 5.41) is 7.14. The van der Waals surface area contributed by atoms with Gasteiger partial charge in [0.15, 0.2) is 0 Å². The van der Waals surface area contributed by atoms with E-state index in [1.54, 1.807) is 11.0 Å². The summed E-state index contributed by atoms with van der Waals surface area (Å²) in [7, 11) is 0. The standard InChI is InChI=1S/C16H22N6O/c1-13(22-12-17-11-19-22)16(23)20-14-5-8-21(9-6-14)10-15-4-2-3-7-18-15/h2-4,7,11-14H,5-6,8-10H2,1H3,(H,20,23)/t13-/m1/s1. The summed E-state index contributed by atoms with van der Waals surface area (Å²) in [5.41, 5.74) is 1.09. The molecule has 7 heteroatoms. The minimum atomic E-state index is -0.330. The zero-order valence-corrected chi connectivity index (χ0v) is 13.3. The van der Waals surface area contributed by atoms with Gasteiger partial charge in [-0.05, 0) is 31.9 Å². The predicted octanol–water partition coefficient (Wildman–Crippen LogP) is 1.01. The molecule has 1 saturated heterocycles. The predicted molar refractivity (Wildman–Crippen MR) is 85.4 cm³/mol. The van der Waals surface area contributed by atoms with E-state index in [9.17, 15) is 4.79 Å². The van der Waals surface area contributed by atoms with E-state index in [2.05, 4.69) is 25.3 Å². The highest BCUT2D eigenvalue weighted by Gasteiger charge is 2.23. The number of hydrogen-bond acceptors (Lipinski definition) is 5. The SMILES string of the molecule is C[C@H](C(=O)NC1CCN(Cc2ccccn2)CC1)n1cncn1. The summed E-state index contributed by atoms with van der Waals surface area (Å²) in [6.07, 6.45) is 6.76. The lowest BCUT2D eigenvalue weighted by Gasteiger charge is -2.32. The largest absolute Gasteiger partial charge is 0.351 e. The van der Waals surface area contributed by atoms with Gasteiger partial charge in [0, 0.05) is 31.9 Å². The Kier molecular flexibility index (Phi) is 4.97. The summed E-state index contributed by atoms with van der Waals surface area (Å²) >= 11 is 0. The van der Waals surface area contributed by atoms with Crippen molar-refractivity contribution in [2.75, 3.05) is 13.1 Å². The maximum Gasteiger partial charge on any atom is 0.244 e. The molecule has 1 N–H and O–H groups in total. The van der Waals surface area contributed by atoms with E-state index in [0.717, 1.165) is 38.2 Å². The van der Waals surface area contributed by atoms with Crippen molar-refractivity contribution in [3.8, 4) is 0 Å². The second-order valence-corrected chi connectivity index (χ2v) is 5.93. The second-order valence-electron chi connectivity index (χ2n) is 5.93. The molecule has 3 heterocycles. The van der Waals surface area contributed by atoms with Crippen molar-refractivity contribution in [1.82, 2.24) is 30.0 Å². The quantitative estimate of drug-likeness (QED) is 0.891. The van der Waals surface area contributed by atoms with Gasteiger partial charge in [0.1, 0.15) is 18.7 Å². The van der Waals surface area contributed by atoms with Gasteiger partial charge < -0.3 is 5.32 Å². The third kappa shape index (κ3) is 4.13. The van der Waals surface area contributed by atoms with Gasteiger partial charge >= 0.3 is 0 Å². The first-order chi connectivity index (χ1) is 11.2. The van der Waals surface area contributed by atoms with Crippen LogP contribution in [-0.2, 0) is 11.3 Å². The van der Waals surface area contributed by atoms with Crippen molar-refractivity contribution in [2.45, 2.75) is 38.4 Å². The molecule has 122 valence electrons. The second kappa shape index (κ2) is 7.32. The van der Waals surface area contributed by atoms with E-state index in [4.69, 9.17) is 0 Å². The molecule has 1 aliphatic rings. The van der Waals surface area contributed by atoms with Crippen LogP contribution < -0.4 is 5.32 Å². The molecule has 3 rings (SSSR count). The van der Waals surface area contributed by atoms with Crippen LogP contribution in [0.25, 0.3) is 0 Å². The lowest BCUT2D eigenvalue weighted by Crippen LogP contribution is -2.46. The minimum Gasteiger partial charge on any atom is -0.351 e.